The Balaban J connectivity index is 2.09. The van der Waals surface area contributed by atoms with Crippen molar-refractivity contribution in [1.82, 2.24) is 19.5 Å². The number of aromatic hydroxyl groups is 1. The van der Waals surface area contributed by atoms with E-state index < -0.39 is 0 Å². The maximum atomic E-state index is 10.7. The second kappa shape index (κ2) is 8.66. The third-order valence-corrected chi connectivity index (χ3v) is 5.16. The van der Waals surface area contributed by atoms with Gasteiger partial charge in [0.15, 0.2) is 0 Å². The fraction of sp³-hybridized carbons (Fsp3) is 0.444. The summed E-state index contributed by atoms with van der Waals surface area (Å²) in [6.07, 6.45) is 1.42. The first-order valence-electron chi connectivity index (χ1n) is 8.79. The SMILES string of the molecule is CC(C)Oc1cccc(C(c2sc3ncnn3c2O)N(CCO)CCO)c1. The van der Waals surface area contributed by atoms with Crippen molar-refractivity contribution in [2.75, 3.05) is 26.3 Å². The van der Waals surface area contributed by atoms with Gasteiger partial charge in [0.1, 0.15) is 12.1 Å². The molecule has 0 radical (unpaired) electrons. The molecule has 0 aliphatic carbocycles. The molecule has 1 aromatic carbocycles. The normalized spacial score (nSPS) is 13.0. The molecule has 3 rings (SSSR count). The highest BCUT2D eigenvalue weighted by Gasteiger charge is 2.29. The number of ether oxygens (including phenoxy) is 1. The Labute approximate surface area is 161 Å². The minimum atomic E-state index is -0.381. The first-order chi connectivity index (χ1) is 13.0. The van der Waals surface area contributed by atoms with Crippen LogP contribution >= 0.6 is 11.3 Å². The van der Waals surface area contributed by atoms with Crippen molar-refractivity contribution in [2.45, 2.75) is 26.0 Å². The Kier molecular flexibility index (Phi) is 6.27. The van der Waals surface area contributed by atoms with Crippen LogP contribution in [0.15, 0.2) is 30.6 Å². The number of fused-ring (bicyclic) bond motifs is 1. The molecule has 1 unspecified atom stereocenters. The van der Waals surface area contributed by atoms with Gasteiger partial charge in [-0.15, -0.1) is 0 Å². The summed E-state index contributed by atoms with van der Waals surface area (Å²) >= 11 is 1.33. The van der Waals surface area contributed by atoms with E-state index in [1.165, 1.54) is 22.2 Å². The zero-order valence-corrected chi connectivity index (χ0v) is 16.1. The van der Waals surface area contributed by atoms with Crippen molar-refractivity contribution in [1.29, 1.82) is 0 Å². The van der Waals surface area contributed by atoms with Gasteiger partial charge in [-0.1, -0.05) is 23.5 Å². The Morgan fingerprint density at radius 2 is 1.96 bits per heavy atom. The van der Waals surface area contributed by atoms with Crippen molar-refractivity contribution in [3.63, 3.8) is 0 Å². The van der Waals surface area contributed by atoms with Crippen LogP contribution in [-0.4, -0.2) is 67.2 Å². The molecule has 3 aromatic rings. The van der Waals surface area contributed by atoms with E-state index >= 15 is 0 Å². The maximum Gasteiger partial charge on any atom is 0.230 e. The number of aliphatic hydroxyl groups excluding tert-OH is 2. The topological polar surface area (TPSA) is 103 Å². The number of hydrogen-bond acceptors (Lipinski definition) is 8. The molecule has 2 aromatic heterocycles. The molecule has 9 heteroatoms. The zero-order valence-electron chi connectivity index (χ0n) is 15.3. The summed E-state index contributed by atoms with van der Waals surface area (Å²) in [4.78, 5) is 7.30. The lowest BCUT2D eigenvalue weighted by Crippen LogP contribution is -2.34. The largest absolute Gasteiger partial charge is 0.492 e. The highest BCUT2D eigenvalue weighted by Crippen LogP contribution is 2.40. The van der Waals surface area contributed by atoms with Crippen LogP contribution in [0, 0.1) is 0 Å². The van der Waals surface area contributed by atoms with Gasteiger partial charge in [0.05, 0.1) is 30.2 Å². The number of hydrogen-bond donors (Lipinski definition) is 3. The van der Waals surface area contributed by atoms with Crippen LogP contribution < -0.4 is 4.74 Å². The van der Waals surface area contributed by atoms with E-state index in [0.29, 0.717) is 22.9 Å². The average molecular weight is 392 g/mol. The molecular formula is C18H24N4O4S. The van der Waals surface area contributed by atoms with E-state index in [0.717, 1.165) is 11.3 Å². The summed E-state index contributed by atoms with van der Waals surface area (Å²) < 4.78 is 7.19. The fourth-order valence-corrected chi connectivity index (χ4v) is 4.15. The smallest absolute Gasteiger partial charge is 0.230 e. The number of aromatic nitrogens is 3. The van der Waals surface area contributed by atoms with Crippen LogP contribution in [0.25, 0.3) is 4.96 Å². The molecule has 0 aliphatic rings. The molecule has 0 fully saturated rings. The summed E-state index contributed by atoms with van der Waals surface area (Å²) in [6, 6.07) is 7.25. The Morgan fingerprint density at radius 1 is 1.22 bits per heavy atom. The summed E-state index contributed by atoms with van der Waals surface area (Å²) in [6.45, 7) is 4.46. The zero-order chi connectivity index (χ0) is 19.4. The second-order valence-electron chi connectivity index (χ2n) is 6.37. The lowest BCUT2D eigenvalue weighted by atomic mass is 10.0. The third kappa shape index (κ3) is 4.22. The van der Waals surface area contributed by atoms with Gasteiger partial charge < -0.3 is 20.1 Å². The minimum Gasteiger partial charge on any atom is -0.492 e. The van der Waals surface area contributed by atoms with Crippen LogP contribution in [-0.2, 0) is 0 Å². The molecule has 0 saturated carbocycles. The van der Waals surface area contributed by atoms with E-state index in [1.807, 2.05) is 43.0 Å². The number of nitrogens with zero attached hydrogens (tertiary/aromatic N) is 4. The molecule has 1 atom stereocenters. The monoisotopic (exact) mass is 392 g/mol. The van der Waals surface area contributed by atoms with Gasteiger partial charge in [-0.05, 0) is 31.5 Å². The fourth-order valence-electron chi connectivity index (χ4n) is 3.06. The second-order valence-corrected chi connectivity index (χ2v) is 7.38. The van der Waals surface area contributed by atoms with Gasteiger partial charge in [0.25, 0.3) is 0 Å². The van der Waals surface area contributed by atoms with E-state index in [1.54, 1.807) is 0 Å². The van der Waals surface area contributed by atoms with Crippen LogP contribution in [0.2, 0.25) is 0 Å². The molecular weight excluding hydrogens is 368 g/mol. The number of aliphatic hydroxyl groups is 2. The summed E-state index contributed by atoms with van der Waals surface area (Å²) in [5, 5.41) is 33.8. The van der Waals surface area contributed by atoms with Gasteiger partial charge in [-0.25, -0.2) is 4.98 Å². The predicted octanol–water partition coefficient (Wildman–Crippen LogP) is 1.66. The quantitative estimate of drug-likeness (QED) is 0.509. The Morgan fingerprint density at radius 3 is 2.59 bits per heavy atom. The van der Waals surface area contributed by atoms with Crippen LogP contribution in [0.5, 0.6) is 11.6 Å². The van der Waals surface area contributed by atoms with Gasteiger partial charge in [0, 0.05) is 13.1 Å². The van der Waals surface area contributed by atoms with Crippen molar-refractivity contribution in [2.24, 2.45) is 0 Å². The van der Waals surface area contributed by atoms with Crippen LogP contribution in [0.1, 0.15) is 30.3 Å². The molecule has 2 heterocycles. The van der Waals surface area contributed by atoms with E-state index in [-0.39, 0.29) is 31.2 Å². The molecule has 0 amide bonds. The molecule has 3 N–H and O–H groups in total. The molecule has 0 bridgehead atoms. The number of thiazole rings is 1. The van der Waals surface area contributed by atoms with Crippen LogP contribution in [0.4, 0.5) is 0 Å². The van der Waals surface area contributed by atoms with E-state index in [9.17, 15) is 15.3 Å². The van der Waals surface area contributed by atoms with Crippen molar-refractivity contribution in [3.05, 3.63) is 41.0 Å². The van der Waals surface area contributed by atoms with Gasteiger partial charge in [0.2, 0.25) is 10.8 Å². The summed E-state index contributed by atoms with van der Waals surface area (Å²) in [7, 11) is 0. The summed E-state index contributed by atoms with van der Waals surface area (Å²) in [5.74, 6) is 0.730. The highest BCUT2D eigenvalue weighted by molar-refractivity contribution is 7.17. The third-order valence-electron chi connectivity index (χ3n) is 4.07. The molecule has 146 valence electrons. The minimum absolute atomic E-state index is 0.00793. The Hall–Kier alpha value is -2.20. The predicted molar refractivity (Wildman–Crippen MR) is 102 cm³/mol. The average Bonchev–Trinajstić information content (AvgIpc) is 3.19. The Bertz CT molecular complexity index is 873. The van der Waals surface area contributed by atoms with Crippen molar-refractivity contribution in [3.8, 4) is 11.6 Å². The molecule has 0 saturated heterocycles. The highest BCUT2D eigenvalue weighted by atomic mass is 32.1. The maximum absolute atomic E-state index is 10.7. The first kappa shape index (κ1) is 19.6. The lowest BCUT2D eigenvalue weighted by molar-refractivity contribution is 0.136. The van der Waals surface area contributed by atoms with Crippen molar-refractivity contribution < 1.29 is 20.1 Å². The first-order valence-corrected chi connectivity index (χ1v) is 9.60. The molecule has 27 heavy (non-hydrogen) atoms. The molecule has 8 nitrogen and oxygen atoms in total. The van der Waals surface area contributed by atoms with E-state index in [4.69, 9.17) is 4.74 Å². The van der Waals surface area contributed by atoms with Crippen molar-refractivity contribution >= 4 is 16.3 Å². The number of benzene rings is 1. The van der Waals surface area contributed by atoms with Gasteiger partial charge in [-0.3, -0.25) is 4.90 Å². The summed E-state index contributed by atoms with van der Waals surface area (Å²) in [5.41, 5.74) is 0.884. The van der Waals surface area contributed by atoms with Crippen LogP contribution in [0.3, 0.4) is 0 Å². The molecule has 0 spiro atoms. The lowest BCUT2D eigenvalue weighted by Gasteiger charge is -2.30. The van der Waals surface area contributed by atoms with E-state index in [2.05, 4.69) is 10.1 Å². The van der Waals surface area contributed by atoms with Gasteiger partial charge in [-0.2, -0.15) is 9.61 Å². The molecule has 0 aliphatic heterocycles. The van der Waals surface area contributed by atoms with Gasteiger partial charge >= 0.3 is 0 Å². The standard InChI is InChI=1S/C18H24N4O4S/c1-12(2)26-14-5-3-4-13(10-14)15(21(6-8-23)7-9-24)16-17(25)22-18(27-16)19-11-20-22/h3-5,10-12,15,23-25H,6-9H2,1-2H3. The number of rotatable bonds is 9.